The van der Waals surface area contributed by atoms with Gasteiger partial charge in [-0.2, -0.15) is 0 Å². The Kier molecular flexibility index (Phi) is 10.4. The van der Waals surface area contributed by atoms with Crippen LogP contribution in [0, 0.1) is 25.5 Å². The first-order valence-electron chi connectivity index (χ1n) is 14.9. The van der Waals surface area contributed by atoms with E-state index in [0.717, 1.165) is 22.9 Å². The van der Waals surface area contributed by atoms with Crippen LogP contribution in [0.3, 0.4) is 0 Å². The van der Waals surface area contributed by atoms with E-state index in [-0.39, 0.29) is 17.8 Å². The molecule has 0 radical (unpaired) electrons. The van der Waals surface area contributed by atoms with E-state index in [9.17, 15) is 37.5 Å². The number of carboxylic acids is 1. The number of benzene rings is 2. The molecule has 4 N–H and O–H groups in total. The van der Waals surface area contributed by atoms with E-state index < -0.39 is 78.4 Å². The molecule has 4 aromatic rings. The van der Waals surface area contributed by atoms with Gasteiger partial charge >= 0.3 is 11.7 Å². The number of aliphatic carboxylic acids is 1. The molecule has 4 rings (SSSR count). The number of hydrogen-bond acceptors (Lipinski definition) is 8. The Hall–Kier alpha value is -5.71. The monoisotopic (exact) mass is 712 g/mol. The lowest BCUT2D eigenvalue weighted by Gasteiger charge is -2.20. The molecule has 14 nitrogen and oxygen atoms in total. The largest absolute Gasteiger partial charge is 0.480 e. The number of carboxylic acid groups (broad SMARTS) is 1. The number of nitrogens with zero attached hydrogens (tertiary/aromatic N) is 3. The first kappa shape index (κ1) is 37.1. The van der Waals surface area contributed by atoms with Crippen LogP contribution in [0.15, 0.2) is 69.2 Å². The molecule has 2 aromatic carbocycles. The Bertz CT molecular complexity index is 2190. The zero-order chi connectivity index (χ0) is 37.3. The van der Waals surface area contributed by atoms with E-state index >= 15 is 8.78 Å². The number of rotatable bonds is 10. The van der Waals surface area contributed by atoms with Crippen molar-refractivity contribution >= 4 is 33.5 Å². The number of amides is 2. The molecule has 0 saturated carbocycles. The van der Waals surface area contributed by atoms with Crippen molar-refractivity contribution in [2.24, 2.45) is 7.05 Å². The number of anilines is 1. The van der Waals surface area contributed by atoms with Gasteiger partial charge in [0.1, 0.15) is 28.3 Å². The molecule has 0 spiro atoms. The van der Waals surface area contributed by atoms with Crippen LogP contribution in [0.1, 0.15) is 58.4 Å². The summed E-state index contributed by atoms with van der Waals surface area (Å²) in [4.78, 5) is 66.0. The average molecular weight is 713 g/mol. The van der Waals surface area contributed by atoms with Crippen LogP contribution in [0.4, 0.5) is 14.5 Å². The van der Waals surface area contributed by atoms with Crippen molar-refractivity contribution in [3.8, 4) is 5.69 Å². The second-order valence-electron chi connectivity index (χ2n) is 12.4. The fraction of sp³-hybridized carbons (Fsp3) is 0.273. The van der Waals surface area contributed by atoms with Gasteiger partial charge in [-0.1, -0.05) is 12.1 Å². The molecule has 17 heteroatoms. The lowest BCUT2D eigenvalue weighted by atomic mass is 10.0. The third-order valence-electron chi connectivity index (χ3n) is 7.60. The van der Waals surface area contributed by atoms with Gasteiger partial charge in [0.15, 0.2) is 0 Å². The van der Waals surface area contributed by atoms with Crippen molar-refractivity contribution in [1.29, 1.82) is 0 Å². The predicted molar refractivity (Wildman–Crippen MR) is 178 cm³/mol. The summed E-state index contributed by atoms with van der Waals surface area (Å²) in [6, 6.07) is 7.16. The molecule has 264 valence electrons. The highest BCUT2D eigenvalue weighted by atomic mass is 32.2. The maximum absolute atomic E-state index is 15.0. The number of carbonyl (C=O) groups is 3. The average Bonchev–Trinajstić information content (AvgIpc) is 3.04. The van der Waals surface area contributed by atoms with Crippen LogP contribution in [0.5, 0.6) is 0 Å². The predicted octanol–water partition coefficient (Wildman–Crippen LogP) is 2.58. The van der Waals surface area contributed by atoms with E-state index in [1.165, 1.54) is 35.9 Å². The molecule has 2 aromatic heterocycles. The number of nitrogens with one attached hydrogen (secondary N) is 3. The Balaban J connectivity index is 1.49. The number of pyridine rings is 1. The lowest BCUT2D eigenvalue weighted by molar-refractivity contribution is -0.139. The molecule has 0 aliphatic heterocycles. The molecular weight excluding hydrogens is 678 g/mol. The summed E-state index contributed by atoms with van der Waals surface area (Å²) in [6.07, 6.45) is 0.549. The summed E-state index contributed by atoms with van der Waals surface area (Å²) in [5.74, 6) is -6.05. The fourth-order valence-corrected chi connectivity index (χ4v) is 5.72. The number of halogens is 2. The molecule has 0 bridgehead atoms. The molecule has 2 heterocycles. The third-order valence-corrected chi connectivity index (χ3v) is 8.95. The minimum atomic E-state index is -4.53. The van der Waals surface area contributed by atoms with Gasteiger partial charge in [0.25, 0.3) is 27.4 Å². The molecule has 0 aliphatic rings. The van der Waals surface area contributed by atoms with E-state index in [1.807, 2.05) is 4.72 Å². The quantitative estimate of drug-likeness (QED) is 0.191. The summed E-state index contributed by atoms with van der Waals surface area (Å²) in [5.41, 5.74) is -2.04. The highest BCUT2D eigenvalue weighted by Crippen LogP contribution is 2.23. The van der Waals surface area contributed by atoms with Crippen LogP contribution < -0.4 is 26.6 Å². The fourth-order valence-electron chi connectivity index (χ4n) is 4.72. The van der Waals surface area contributed by atoms with Crippen LogP contribution in [0.25, 0.3) is 5.69 Å². The highest BCUT2D eigenvalue weighted by Gasteiger charge is 2.26. The van der Waals surface area contributed by atoms with E-state index in [2.05, 4.69) is 15.6 Å². The Labute approximate surface area is 284 Å². The van der Waals surface area contributed by atoms with Gasteiger partial charge in [-0.05, 0) is 70.5 Å². The van der Waals surface area contributed by atoms with Crippen molar-refractivity contribution in [2.75, 3.05) is 4.72 Å². The van der Waals surface area contributed by atoms with Gasteiger partial charge in [-0.25, -0.2) is 36.3 Å². The second-order valence-corrected chi connectivity index (χ2v) is 14.1. The zero-order valence-corrected chi connectivity index (χ0v) is 28.6. The van der Waals surface area contributed by atoms with E-state index in [4.69, 9.17) is 0 Å². The molecule has 0 aliphatic carbocycles. The maximum Gasteiger partial charge on any atom is 0.335 e. The lowest BCUT2D eigenvalue weighted by Crippen LogP contribution is -2.42. The van der Waals surface area contributed by atoms with Crippen molar-refractivity contribution in [3.63, 3.8) is 0 Å². The highest BCUT2D eigenvalue weighted by molar-refractivity contribution is 7.92. The molecule has 2 amide bonds. The summed E-state index contributed by atoms with van der Waals surface area (Å²) in [5, 5.41) is 14.5. The van der Waals surface area contributed by atoms with Crippen molar-refractivity contribution in [2.45, 2.75) is 57.5 Å². The summed E-state index contributed by atoms with van der Waals surface area (Å²) in [6.45, 7) is 8.45. The van der Waals surface area contributed by atoms with Gasteiger partial charge in [0, 0.05) is 42.5 Å². The van der Waals surface area contributed by atoms with E-state index in [0.29, 0.717) is 29.0 Å². The van der Waals surface area contributed by atoms with Gasteiger partial charge in [0.05, 0.1) is 16.9 Å². The van der Waals surface area contributed by atoms with Gasteiger partial charge in [-0.15, -0.1) is 0 Å². The van der Waals surface area contributed by atoms with E-state index in [1.54, 1.807) is 34.6 Å². The number of sulfonamides is 1. The third kappa shape index (κ3) is 8.11. The molecule has 50 heavy (non-hydrogen) atoms. The second kappa shape index (κ2) is 14.0. The number of carbonyl (C=O) groups excluding carboxylic acids is 2. The minimum absolute atomic E-state index is 0.0793. The van der Waals surface area contributed by atoms with Crippen LogP contribution in [-0.2, 0) is 28.3 Å². The molecule has 0 unspecified atom stereocenters. The van der Waals surface area contributed by atoms with Gasteiger partial charge < -0.3 is 20.3 Å². The number of hydrogen-bond donors (Lipinski definition) is 4. The maximum atomic E-state index is 15.0. The van der Waals surface area contributed by atoms with Gasteiger partial charge in [-0.3, -0.25) is 19.1 Å². The Morgan fingerprint density at radius 2 is 1.60 bits per heavy atom. The van der Waals surface area contributed by atoms with Gasteiger partial charge in [0.2, 0.25) is 0 Å². The SMILES string of the molecule is Cc1c(C)n(C)c(=O)n(-c2ccc(C[C@H](NC(=O)c3cc(F)c(NS(=O)(=O)c4ccc(C(=O)NC(C)(C)C)nc4)cc3F)C(=O)O)cc2)c1=O. The minimum Gasteiger partial charge on any atom is -0.480 e. The van der Waals surface area contributed by atoms with Crippen LogP contribution in [-0.4, -0.2) is 57.0 Å². The Morgan fingerprint density at radius 3 is 2.16 bits per heavy atom. The Morgan fingerprint density at radius 1 is 0.960 bits per heavy atom. The molecule has 1 atom stereocenters. The van der Waals surface area contributed by atoms with Crippen LogP contribution in [0.2, 0.25) is 0 Å². The molecular formula is C33H34F2N6O8S. The number of aromatic nitrogens is 3. The van der Waals surface area contributed by atoms with Crippen molar-refractivity contribution in [3.05, 3.63) is 115 Å². The first-order valence-corrected chi connectivity index (χ1v) is 16.4. The van der Waals surface area contributed by atoms with Crippen molar-refractivity contribution < 1.29 is 36.7 Å². The standard InChI is InChI=1S/C33H34F2N6O8S/c1-17-18(2)40(6)32(47)41(30(17)44)20-9-7-19(8-10-20)13-27(31(45)46)37-28(42)22-14-24(35)26(15-23(22)34)39-50(48,49)21-11-12-25(36-16-21)29(43)38-33(3,4)5/h7-12,14-16,27,39H,13H2,1-6H3,(H,37,42)(H,38,43)(H,45,46)/t27-/m0/s1. The smallest absolute Gasteiger partial charge is 0.335 e. The van der Waals surface area contributed by atoms with Crippen molar-refractivity contribution in [1.82, 2.24) is 24.8 Å². The topological polar surface area (TPSA) is 199 Å². The van der Waals surface area contributed by atoms with Crippen LogP contribution >= 0.6 is 0 Å². The molecule has 0 saturated heterocycles. The first-order chi connectivity index (χ1) is 23.2. The normalized spacial score (nSPS) is 12.2. The summed E-state index contributed by atoms with van der Waals surface area (Å²) >= 11 is 0. The zero-order valence-electron chi connectivity index (χ0n) is 27.8. The summed E-state index contributed by atoms with van der Waals surface area (Å²) in [7, 11) is -3.01. The molecule has 0 fully saturated rings. The summed E-state index contributed by atoms with van der Waals surface area (Å²) < 4.78 is 59.9.